The number of hydrogen-bond donors (Lipinski definition) is 1. The van der Waals surface area contributed by atoms with E-state index >= 15 is 0 Å². The van der Waals surface area contributed by atoms with E-state index in [2.05, 4.69) is 0 Å². The molecule has 0 bridgehead atoms. The van der Waals surface area contributed by atoms with Gasteiger partial charge in [0.25, 0.3) is 10.0 Å². The Morgan fingerprint density at radius 2 is 2.00 bits per heavy atom. The number of hydrogen-bond acceptors (Lipinski definition) is 4. The van der Waals surface area contributed by atoms with Crippen LogP contribution >= 0.6 is 11.8 Å². The number of amides is 1. The lowest BCUT2D eigenvalue weighted by molar-refractivity contribution is -0.118. The van der Waals surface area contributed by atoms with Gasteiger partial charge in [-0.1, -0.05) is 0 Å². The van der Waals surface area contributed by atoms with Crippen LogP contribution in [0.1, 0.15) is 6.92 Å². The molecule has 1 atom stereocenters. The fourth-order valence-corrected chi connectivity index (χ4v) is 2.53. The number of carbonyl (C=O) groups excluding carboxylic acids is 1. The second-order valence-corrected chi connectivity index (χ2v) is 6.25. The van der Waals surface area contributed by atoms with Gasteiger partial charge in [-0.05, 0) is 25.3 Å². The minimum Gasteiger partial charge on any atom is -0.273 e. The Bertz CT molecular complexity index is 560. The SMILES string of the molecule is CS[C@H](C)C(=O)NS(=O)(=O)c1ccc(F)cc1F. The first-order valence-electron chi connectivity index (χ1n) is 4.82. The smallest absolute Gasteiger partial charge is 0.267 e. The highest BCUT2D eigenvalue weighted by Gasteiger charge is 2.24. The van der Waals surface area contributed by atoms with Crippen LogP contribution in [0.3, 0.4) is 0 Å². The van der Waals surface area contributed by atoms with E-state index in [1.807, 2.05) is 0 Å². The predicted molar refractivity (Wildman–Crippen MR) is 64.7 cm³/mol. The highest BCUT2D eigenvalue weighted by atomic mass is 32.2. The molecule has 0 aliphatic rings. The van der Waals surface area contributed by atoms with E-state index < -0.39 is 37.7 Å². The van der Waals surface area contributed by atoms with Crippen molar-refractivity contribution in [3.8, 4) is 0 Å². The molecule has 1 aromatic rings. The minimum absolute atomic E-state index is 0.442. The zero-order chi connectivity index (χ0) is 13.9. The third-order valence-corrected chi connectivity index (χ3v) is 4.44. The molecule has 1 rings (SSSR count). The maximum absolute atomic E-state index is 13.3. The summed E-state index contributed by atoms with van der Waals surface area (Å²) in [6, 6.07) is 2.02. The molecule has 1 N–H and O–H groups in total. The second kappa shape index (κ2) is 5.66. The molecule has 0 aromatic heterocycles. The maximum Gasteiger partial charge on any atom is 0.267 e. The van der Waals surface area contributed by atoms with Crippen molar-refractivity contribution >= 4 is 27.7 Å². The number of rotatable bonds is 4. The highest BCUT2D eigenvalue weighted by Crippen LogP contribution is 2.16. The number of nitrogens with one attached hydrogen (secondary N) is 1. The molecule has 1 amide bonds. The Morgan fingerprint density at radius 1 is 1.39 bits per heavy atom. The number of carbonyl (C=O) groups is 1. The van der Waals surface area contributed by atoms with Gasteiger partial charge < -0.3 is 0 Å². The van der Waals surface area contributed by atoms with Crippen LogP contribution in [0, 0.1) is 11.6 Å². The van der Waals surface area contributed by atoms with Crippen molar-refractivity contribution in [2.24, 2.45) is 0 Å². The maximum atomic E-state index is 13.3. The zero-order valence-corrected chi connectivity index (χ0v) is 11.2. The minimum atomic E-state index is -4.32. The summed E-state index contributed by atoms with van der Waals surface area (Å²) in [6.45, 7) is 1.51. The van der Waals surface area contributed by atoms with Gasteiger partial charge in [-0.25, -0.2) is 21.9 Å². The Kier molecular flexibility index (Phi) is 4.69. The lowest BCUT2D eigenvalue weighted by atomic mass is 10.3. The number of halogens is 2. The van der Waals surface area contributed by atoms with Gasteiger partial charge in [-0.3, -0.25) is 4.79 Å². The third-order valence-electron chi connectivity index (χ3n) is 2.14. The molecule has 0 radical (unpaired) electrons. The van der Waals surface area contributed by atoms with Gasteiger partial charge >= 0.3 is 0 Å². The first-order chi connectivity index (χ1) is 8.27. The normalized spacial score (nSPS) is 13.1. The van der Waals surface area contributed by atoms with Crippen molar-refractivity contribution in [1.29, 1.82) is 0 Å². The van der Waals surface area contributed by atoms with Crippen molar-refractivity contribution in [3.05, 3.63) is 29.8 Å². The van der Waals surface area contributed by atoms with Crippen molar-refractivity contribution in [1.82, 2.24) is 4.72 Å². The van der Waals surface area contributed by atoms with Gasteiger partial charge in [0.1, 0.15) is 16.5 Å². The highest BCUT2D eigenvalue weighted by molar-refractivity contribution is 8.00. The summed E-state index contributed by atoms with van der Waals surface area (Å²) in [7, 11) is -4.32. The zero-order valence-electron chi connectivity index (χ0n) is 9.61. The van der Waals surface area contributed by atoms with E-state index in [4.69, 9.17) is 0 Å². The quantitative estimate of drug-likeness (QED) is 0.915. The van der Waals surface area contributed by atoms with Crippen LogP contribution in [-0.2, 0) is 14.8 Å². The summed E-state index contributed by atoms with van der Waals surface area (Å²) in [4.78, 5) is 10.7. The summed E-state index contributed by atoms with van der Waals surface area (Å²) in [5.74, 6) is -2.89. The molecule has 0 spiro atoms. The summed E-state index contributed by atoms with van der Waals surface area (Å²) in [6.07, 6.45) is 1.63. The van der Waals surface area contributed by atoms with Crippen LogP contribution in [0.25, 0.3) is 0 Å². The molecule has 0 heterocycles. The molecular formula is C10H11F2NO3S2. The average molecular weight is 295 g/mol. The fourth-order valence-electron chi connectivity index (χ4n) is 1.07. The predicted octanol–water partition coefficient (Wildman–Crippen LogP) is 1.52. The second-order valence-electron chi connectivity index (χ2n) is 3.42. The van der Waals surface area contributed by atoms with Crippen molar-refractivity contribution in [2.45, 2.75) is 17.1 Å². The average Bonchev–Trinajstić information content (AvgIpc) is 2.26. The Morgan fingerprint density at radius 3 is 2.50 bits per heavy atom. The molecule has 18 heavy (non-hydrogen) atoms. The Hall–Kier alpha value is -1.15. The van der Waals surface area contributed by atoms with Crippen molar-refractivity contribution in [3.63, 3.8) is 0 Å². The van der Waals surface area contributed by atoms with Crippen LogP contribution < -0.4 is 4.72 Å². The van der Waals surface area contributed by atoms with Crippen LogP contribution in [0.5, 0.6) is 0 Å². The summed E-state index contributed by atoms with van der Waals surface area (Å²) < 4.78 is 51.1. The third kappa shape index (κ3) is 3.42. The molecule has 0 saturated carbocycles. The lowest BCUT2D eigenvalue weighted by Crippen LogP contribution is -2.36. The van der Waals surface area contributed by atoms with E-state index in [9.17, 15) is 22.0 Å². The van der Waals surface area contributed by atoms with Crippen molar-refractivity contribution < 1.29 is 22.0 Å². The largest absolute Gasteiger partial charge is 0.273 e. The topological polar surface area (TPSA) is 63.2 Å². The van der Waals surface area contributed by atoms with Crippen molar-refractivity contribution in [2.75, 3.05) is 6.26 Å². The summed E-state index contributed by atoms with van der Waals surface area (Å²) >= 11 is 1.15. The summed E-state index contributed by atoms with van der Waals surface area (Å²) in [5, 5.41) is -0.594. The van der Waals surface area contributed by atoms with E-state index in [1.54, 1.807) is 11.0 Å². The summed E-state index contributed by atoms with van der Waals surface area (Å²) in [5.41, 5.74) is 0. The number of thioether (sulfide) groups is 1. The monoisotopic (exact) mass is 295 g/mol. The van der Waals surface area contributed by atoms with E-state index in [0.717, 1.165) is 23.9 Å². The van der Waals surface area contributed by atoms with Gasteiger partial charge in [0.15, 0.2) is 0 Å². The molecular weight excluding hydrogens is 284 g/mol. The number of sulfonamides is 1. The van der Waals surface area contributed by atoms with Gasteiger partial charge in [0.2, 0.25) is 5.91 Å². The first-order valence-corrected chi connectivity index (χ1v) is 7.59. The van der Waals surface area contributed by atoms with Crippen LogP contribution in [-0.4, -0.2) is 25.8 Å². The molecule has 1 aromatic carbocycles. The van der Waals surface area contributed by atoms with E-state index in [-0.39, 0.29) is 0 Å². The van der Waals surface area contributed by atoms with E-state index in [0.29, 0.717) is 6.07 Å². The lowest BCUT2D eigenvalue weighted by Gasteiger charge is -2.10. The Balaban J connectivity index is 3.04. The van der Waals surface area contributed by atoms with Gasteiger partial charge in [0.05, 0.1) is 5.25 Å². The van der Waals surface area contributed by atoms with Crippen LogP contribution in [0.2, 0.25) is 0 Å². The molecule has 100 valence electrons. The van der Waals surface area contributed by atoms with Gasteiger partial charge in [0, 0.05) is 6.07 Å². The van der Waals surface area contributed by atoms with Crippen LogP contribution in [0.4, 0.5) is 8.78 Å². The standard InChI is InChI=1S/C10H11F2NO3S2/c1-6(17-2)10(14)13-18(15,16)9-4-3-7(11)5-8(9)12/h3-6H,1-2H3,(H,13,14)/t6-/m1/s1. The fraction of sp³-hybridized carbons (Fsp3) is 0.300. The molecule has 8 heteroatoms. The van der Waals surface area contributed by atoms with E-state index in [1.165, 1.54) is 6.92 Å². The van der Waals surface area contributed by atoms with Crippen LogP contribution in [0.15, 0.2) is 23.1 Å². The molecule has 0 fully saturated rings. The first kappa shape index (κ1) is 14.9. The molecule has 0 unspecified atom stereocenters. The van der Waals surface area contributed by atoms with Gasteiger partial charge in [-0.2, -0.15) is 11.8 Å². The van der Waals surface area contributed by atoms with Gasteiger partial charge in [-0.15, -0.1) is 0 Å². The molecule has 0 aliphatic carbocycles. The Labute approximate surface area is 108 Å². The molecule has 0 aliphatic heterocycles. The number of benzene rings is 1. The molecule has 0 saturated heterocycles. The molecule has 4 nitrogen and oxygen atoms in total.